The highest BCUT2D eigenvalue weighted by Gasteiger charge is 2.45. The van der Waals surface area contributed by atoms with E-state index in [1.54, 1.807) is 11.6 Å². The first-order valence-electron chi connectivity index (χ1n) is 15.3. The van der Waals surface area contributed by atoms with Crippen molar-refractivity contribution in [2.24, 2.45) is 10.9 Å². The SMILES string of the molecule is O=S(=O)(N[C@H]1CC2=C(c3ccn(C(F)F)n3)[C@H](c3ccc(F)cc3Cl)N=C(c3nccs3)N2C1)N1CCC(O)(C2CCCC2)CC1. The Labute approximate surface area is 273 Å². The number of amidine groups is 1. The molecule has 246 valence electrons. The van der Waals surface area contributed by atoms with Gasteiger partial charge in [0.15, 0.2) is 10.8 Å². The number of aromatic nitrogens is 3. The van der Waals surface area contributed by atoms with E-state index in [2.05, 4.69) is 14.8 Å². The standard InChI is InChI=1S/C30H33ClF3N7O3S2/c31-22-15-19(32)5-6-21(22)26-25(23-7-11-41(37-23)29(33)34)24-16-20(17-40(24)27(36-26)28-35-10-14-45-28)38-46(43,44)39-12-8-30(42,9-13-39)18-3-1-2-4-18/h5-7,10-11,14-15,18,20,26,29,38,42H,1-4,8-9,12-13,16-17H2/t20-,26-/m0/s1. The molecule has 4 aliphatic rings. The minimum Gasteiger partial charge on any atom is -0.390 e. The van der Waals surface area contributed by atoms with Crippen molar-refractivity contribution in [3.05, 3.63) is 74.8 Å². The Morgan fingerprint density at radius 1 is 1.15 bits per heavy atom. The molecule has 3 fully saturated rings. The number of alkyl halides is 2. The van der Waals surface area contributed by atoms with Crippen LogP contribution in [0.4, 0.5) is 13.2 Å². The highest BCUT2D eigenvalue weighted by molar-refractivity contribution is 7.87. The zero-order valence-electron chi connectivity index (χ0n) is 24.7. The molecular weight excluding hydrogens is 663 g/mol. The fourth-order valence-electron chi connectivity index (χ4n) is 7.30. The quantitative estimate of drug-likeness (QED) is 0.328. The maximum absolute atomic E-state index is 14.1. The highest BCUT2D eigenvalue weighted by atomic mass is 35.5. The van der Waals surface area contributed by atoms with Gasteiger partial charge < -0.3 is 10.0 Å². The van der Waals surface area contributed by atoms with Gasteiger partial charge in [0, 0.05) is 71.7 Å². The number of thiazole rings is 1. The van der Waals surface area contributed by atoms with Crippen LogP contribution in [0.2, 0.25) is 5.02 Å². The van der Waals surface area contributed by atoms with E-state index >= 15 is 0 Å². The summed E-state index contributed by atoms with van der Waals surface area (Å²) in [6, 6.07) is 3.92. The minimum absolute atomic E-state index is 0.102. The summed E-state index contributed by atoms with van der Waals surface area (Å²) in [6.45, 7) is -2.24. The smallest absolute Gasteiger partial charge is 0.333 e. The lowest BCUT2D eigenvalue weighted by Gasteiger charge is -2.41. The predicted molar refractivity (Wildman–Crippen MR) is 168 cm³/mol. The van der Waals surface area contributed by atoms with Gasteiger partial charge in [-0.2, -0.15) is 31.3 Å². The maximum atomic E-state index is 14.1. The van der Waals surface area contributed by atoms with E-state index in [0.717, 1.165) is 25.7 Å². The first-order chi connectivity index (χ1) is 22.0. The average Bonchev–Trinajstić information content (AvgIpc) is 3.84. The molecule has 0 radical (unpaired) electrons. The third kappa shape index (κ3) is 5.90. The fourth-order valence-corrected chi connectivity index (χ4v) is 9.61. The van der Waals surface area contributed by atoms with Crippen molar-refractivity contribution in [1.82, 2.24) is 28.7 Å². The Morgan fingerprint density at radius 3 is 2.57 bits per heavy atom. The molecule has 2 atom stereocenters. The van der Waals surface area contributed by atoms with Gasteiger partial charge in [-0.15, -0.1) is 11.3 Å². The molecule has 1 aliphatic carbocycles. The van der Waals surface area contributed by atoms with Gasteiger partial charge in [-0.05, 0) is 49.8 Å². The van der Waals surface area contributed by atoms with Gasteiger partial charge in [-0.25, -0.2) is 14.1 Å². The Balaban J connectivity index is 1.23. The summed E-state index contributed by atoms with van der Waals surface area (Å²) >= 11 is 7.88. The first-order valence-corrected chi connectivity index (χ1v) is 18.0. The number of halogens is 4. The zero-order chi connectivity index (χ0) is 32.2. The third-order valence-electron chi connectivity index (χ3n) is 9.58. The van der Waals surface area contributed by atoms with Crippen molar-refractivity contribution in [1.29, 1.82) is 0 Å². The number of aliphatic imine (C=N–C) groups is 1. The second-order valence-corrected chi connectivity index (χ2v) is 15.3. The number of nitrogens with one attached hydrogen (secondary N) is 1. The molecule has 16 heteroatoms. The summed E-state index contributed by atoms with van der Waals surface area (Å²) in [7, 11) is -3.93. The number of benzene rings is 1. The van der Waals surface area contributed by atoms with Gasteiger partial charge in [0.1, 0.15) is 11.9 Å². The van der Waals surface area contributed by atoms with Gasteiger partial charge >= 0.3 is 6.55 Å². The van der Waals surface area contributed by atoms with Crippen LogP contribution in [0.25, 0.3) is 5.57 Å². The van der Waals surface area contributed by atoms with Crippen LogP contribution in [0.1, 0.15) is 73.8 Å². The summed E-state index contributed by atoms with van der Waals surface area (Å²) in [4.78, 5) is 11.3. The molecule has 1 aromatic carbocycles. The number of fused-ring (bicyclic) bond motifs is 1. The molecule has 10 nitrogen and oxygen atoms in total. The molecule has 0 amide bonds. The molecule has 5 heterocycles. The maximum Gasteiger partial charge on any atom is 0.333 e. The largest absolute Gasteiger partial charge is 0.390 e. The molecule has 2 saturated heterocycles. The lowest BCUT2D eigenvalue weighted by atomic mass is 9.79. The van der Waals surface area contributed by atoms with Crippen LogP contribution in [0.5, 0.6) is 0 Å². The number of nitrogens with zero attached hydrogens (tertiary/aromatic N) is 6. The number of hydrogen-bond acceptors (Lipinski definition) is 8. The Morgan fingerprint density at radius 2 is 1.91 bits per heavy atom. The van der Waals surface area contributed by atoms with E-state index in [1.807, 2.05) is 4.90 Å². The van der Waals surface area contributed by atoms with Crippen LogP contribution in [0.3, 0.4) is 0 Å². The molecule has 3 aromatic rings. The van der Waals surface area contributed by atoms with E-state index in [0.29, 0.717) is 45.2 Å². The normalized spacial score (nSPS) is 24.2. The van der Waals surface area contributed by atoms with Crippen LogP contribution in [-0.2, 0) is 10.2 Å². The monoisotopic (exact) mass is 695 g/mol. The molecule has 7 rings (SSSR count). The van der Waals surface area contributed by atoms with Gasteiger partial charge in [0.25, 0.3) is 10.2 Å². The summed E-state index contributed by atoms with van der Waals surface area (Å²) in [5.41, 5.74) is 0.922. The second-order valence-electron chi connectivity index (χ2n) is 12.3. The van der Waals surface area contributed by atoms with Crippen LogP contribution in [0.15, 0.2) is 52.7 Å². The number of piperidine rings is 1. The van der Waals surface area contributed by atoms with E-state index in [4.69, 9.17) is 16.6 Å². The predicted octanol–water partition coefficient (Wildman–Crippen LogP) is 5.37. The van der Waals surface area contributed by atoms with E-state index < -0.39 is 40.3 Å². The van der Waals surface area contributed by atoms with Crippen LogP contribution < -0.4 is 4.72 Å². The molecular formula is C30H33ClF3N7O3S2. The summed E-state index contributed by atoms with van der Waals surface area (Å²) < 4.78 is 73.5. The van der Waals surface area contributed by atoms with Gasteiger partial charge in [-0.3, -0.25) is 4.99 Å². The van der Waals surface area contributed by atoms with Crippen molar-refractivity contribution in [2.45, 2.75) is 69.2 Å². The van der Waals surface area contributed by atoms with Crippen molar-refractivity contribution in [3.8, 4) is 0 Å². The first kappa shape index (κ1) is 31.8. The highest BCUT2D eigenvalue weighted by Crippen LogP contribution is 2.46. The zero-order valence-corrected chi connectivity index (χ0v) is 27.1. The minimum atomic E-state index is -3.93. The topological polar surface area (TPSA) is 116 Å². The summed E-state index contributed by atoms with van der Waals surface area (Å²) in [5, 5.41) is 17.9. The number of hydrogen-bond donors (Lipinski definition) is 2. The van der Waals surface area contributed by atoms with Crippen molar-refractivity contribution in [2.75, 3.05) is 19.6 Å². The van der Waals surface area contributed by atoms with Crippen LogP contribution >= 0.6 is 22.9 Å². The Kier molecular flexibility index (Phi) is 8.51. The molecule has 1 saturated carbocycles. The van der Waals surface area contributed by atoms with Crippen LogP contribution in [-0.4, -0.2) is 74.6 Å². The third-order valence-corrected chi connectivity index (χ3v) is 12.4. The van der Waals surface area contributed by atoms with E-state index in [-0.39, 0.29) is 42.7 Å². The van der Waals surface area contributed by atoms with E-state index in [1.165, 1.54) is 46.1 Å². The van der Waals surface area contributed by atoms with Crippen LogP contribution in [0, 0.1) is 11.7 Å². The fraction of sp³-hybridized carbons (Fsp3) is 0.500. The molecule has 3 aliphatic heterocycles. The van der Waals surface area contributed by atoms with Gasteiger partial charge in [0.2, 0.25) is 0 Å². The van der Waals surface area contributed by atoms with Gasteiger partial charge in [-0.1, -0.05) is 30.5 Å². The van der Waals surface area contributed by atoms with Gasteiger partial charge in [0.05, 0.1) is 11.3 Å². The lowest BCUT2D eigenvalue weighted by molar-refractivity contribution is -0.0534. The van der Waals surface area contributed by atoms with Crippen molar-refractivity contribution in [3.63, 3.8) is 0 Å². The summed E-state index contributed by atoms with van der Waals surface area (Å²) in [6.07, 6.45) is 7.90. The Hall–Kier alpha value is -2.82. The molecule has 2 aromatic heterocycles. The molecule has 0 bridgehead atoms. The number of rotatable bonds is 8. The number of aliphatic hydroxyl groups is 1. The second kappa shape index (κ2) is 12.3. The lowest BCUT2D eigenvalue weighted by Crippen LogP contribution is -2.54. The van der Waals surface area contributed by atoms with E-state index in [9.17, 15) is 26.7 Å². The van der Waals surface area contributed by atoms with Crippen molar-refractivity contribution >= 4 is 44.6 Å². The molecule has 46 heavy (non-hydrogen) atoms. The molecule has 0 spiro atoms. The molecule has 0 unspecified atom stereocenters. The van der Waals surface area contributed by atoms with Crippen molar-refractivity contribution < 1.29 is 26.7 Å². The average molecular weight is 696 g/mol. The molecule has 2 N–H and O–H groups in total. The Bertz CT molecular complexity index is 1770. The summed E-state index contributed by atoms with van der Waals surface area (Å²) in [5.74, 6) is 0.135.